The molecule has 2 aromatic rings. The number of hydrogen-bond donors (Lipinski definition) is 2. The lowest BCUT2D eigenvalue weighted by atomic mass is 10.1. The molecule has 0 spiro atoms. The third kappa shape index (κ3) is 4.18. The van der Waals surface area contributed by atoms with Gasteiger partial charge in [0.1, 0.15) is 5.75 Å². The Hall–Kier alpha value is -2.38. The molecule has 3 rings (SSSR count). The van der Waals surface area contributed by atoms with E-state index in [0.29, 0.717) is 11.4 Å². The summed E-state index contributed by atoms with van der Waals surface area (Å²) in [5.41, 5.74) is 3.16. The zero-order valence-corrected chi connectivity index (χ0v) is 14.7. The minimum atomic E-state index is -3.48. The molecule has 7 heteroatoms. The third-order valence-corrected chi connectivity index (χ3v) is 5.59. The van der Waals surface area contributed by atoms with Crippen molar-refractivity contribution in [3.63, 3.8) is 0 Å². The fourth-order valence-corrected chi connectivity index (χ4v) is 3.55. The second kappa shape index (κ2) is 7.25. The summed E-state index contributed by atoms with van der Waals surface area (Å²) in [6.45, 7) is -0.102. The number of rotatable bonds is 6. The number of benzene rings is 2. The van der Waals surface area contributed by atoms with Gasteiger partial charge < -0.3 is 10.1 Å². The molecule has 0 aliphatic heterocycles. The van der Waals surface area contributed by atoms with E-state index in [4.69, 9.17) is 4.74 Å². The molecule has 1 aliphatic carbocycles. The predicted molar refractivity (Wildman–Crippen MR) is 95.3 cm³/mol. The summed E-state index contributed by atoms with van der Waals surface area (Å²) >= 11 is 0. The summed E-state index contributed by atoms with van der Waals surface area (Å²) < 4.78 is 31.1. The predicted octanol–water partition coefficient (Wildman–Crippen LogP) is 2.10. The first-order valence-electron chi connectivity index (χ1n) is 8.06. The molecule has 132 valence electrons. The number of fused-ring (bicyclic) bond motifs is 1. The molecule has 1 aliphatic rings. The standard InChI is InChI=1S/C18H20N2O4S/c1-19-25(22,23)17-9-6-15(7-10-17)20-18(21)12-24-16-8-5-13-3-2-4-14(13)11-16/h5-11,19H,2-4,12H2,1H3,(H,20,21). The summed E-state index contributed by atoms with van der Waals surface area (Å²) in [5, 5.41) is 2.68. The molecule has 6 nitrogen and oxygen atoms in total. The molecule has 0 unspecified atom stereocenters. The Labute approximate surface area is 147 Å². The van der Waals surface area contributed by atoms with Crippen molar-refractivity contribution < 1.29 is 17.9 Å². The Balaban J connectivity index is 1.56. The molecule has 2 N–H and O–H groups in total. The van der Waals surface area contributed by atoms with Gasteiger partial charge in [-0.15, -0.1) is 0 Å². The molecule has 0 radical (unpaired) electrons. The van der Waals surface area contributed by atoms with Crippen LogP contribution in [-0.4, -0.2) is 28.0 Å². The van der Waals surface area contributed by atoms with Gasteiger partial charge in [0, 0.05) is 5.69 Å². The summed E-state index contributed by atoms with van der Waals surface area (Å²) in [4.78, 5) is 12.1. The first-order valence-corrected chi connectivity index (χ1v) is 9.54. The average molecular weight is 360 g/mol. The molecular formula is C18H20N2O4S. The number of amides is 1. The van der Waals surface area contributed by atoms with Crippen molar-refractivity contribution in [3.05, 3.63) is 53.6 Å². The molecule has 0 saturated carbocycles. The van der Waals surface area contributed by atoms with Crippen LogP contribution in [0.15, 0.2) is 47.4 Å². The van der Waals surface area contributed by atoms with Gasteiger partial charge in [-0.2, -0.15) is 0 Å². The number of sulfonamides is 1. The fourth-order valence-electron chi connectivity index (χ4n) is 2.82. The first-order chi connectivity index (χ1) is 12.0. The van der Waals surface area contributed by atoms with E-state index in [2.05, 4.69) is 16.1 Å². The Morgan fingerprint density at radius 2 is 1.80 bits per heavy atom. The van der Waals surface area contributed by atoms with Gasteiger partial charge in [0.15, 0.2) is 6.61 Å². The Kier molecular flexibility index (Phi) is 5.06. The highest BCUT2D eigenvalue weighted by atomic mass is 32.2. The van der Waals surface area contributed by atoms with Gasteiger partial charge in [0.05, 0.1) is 4.90 Å². The molecule has 0 fully saturated rings. The van der Waals surface area contributed by atoms with Crippen molar-refractivity contribution >= 4 is 21.6 Å². The van der Waals surface area contributed by atoms with E-state index in [1.807, 2.05) is 12.1 Å². The van der Waals surface area contributed by atoms with Crippen LogP contribution in [0.5, 0.6) is 5.75 Å². The molecule has 1 amide bonds. The van der Waals surface area contributed by atoms with Gasteiger partial charge in [-0.3, -0.25) is 4.79 Å². The van der Waals surface area contributed by atoms with E-state index in [0.717, 1.165) is 12.8 Å². The van der Waals surface area contributed by atoms with Crippen LogP contribution in [0.4, 0.5) is 5.69 Å². The van der Waals surface area contributed by atoms with Crippen molar-refractivity contribution in [1.29, 1.82) is 0 Å². The number of nitrogens with one attached hydrogen (secondary N) is 2. The van der Waals surface area contributed by atoms with Crippen molar-refractivity contribution in [2.45, 2.75) is 24.2 Å². The van der Waals surface area contributed by atoms with Crippen LogP contribution in [0.2, 0.25) is 0 Å². The van der Waals surface area contributed by atoms with Crippen LogP contribution in [0.25, 0.3) is 0 Å². The maximum atomic E-state index is 12.0. The molecule has 25 heavy (non-hydrogen) atoms. The van der Waals surface area contributed by atoms with Crippen molar-refractivity contribution in [2.24, 2.45) is 0 Å². The van der Waals surface area contributed by atoms with Crippen LogP contribution >= 0.6 is 0 Å². The lowest BCUT2D eigenvalue weighted by Gasteiger charge is -2.09. The second-order valence-electron chi connectivity index (χ2n) is 5.85. The summed E-state index contributed by atoms with van der Waals surface area (Å²) in [7, 11) is -2.13. The summed E-state index contributed by atoms with van der Waals surface area (Å²) in [5.74, 6) is 0.385. The van der Waals surface area contributed by atoms with Gasteiger partial charge in [-0.05, 0) is 73.8 Å². The van der Waals surface area contributed by atoms with Gasteiger partial charge in [-0.25, -0.2) is 13.1 Å². The minimum Gasteiger partial charge on any atom is -0.484 e. The zero-order chi connectivity index (χ0) is 17.9. The van der Waals surface area contributed by atoms with E-state index in [1.54, 1.807) is 0 Å². The topological polar surface area (TPSA) is 84.5 Å². The van der Waals surface area contributed by atoms with Crippen LogP contribution in [0.3, 0.4) is 0 Å². The lowest BCUT2D eigenvalue weighted by molar-refractivity contribution is -0.118. The maximum Gasteiger partial charge on any atom is 0.262 e. The summed E-state index contributed by atoms with van der Waals surface area (Å²) in [6.07, 6.45) is 3.33. The number of carbonyl (C=O) groups excluding carboxylic acids is 1. The largest absolute Gasteiger partial charge is 0.484 e. The third-order valence-electron chi connectivity index (χ3n) is 4.16. The van der Waals surface area contributed by atoms with Gasteiger partial charge in [0.2, 0.25) is 10.0 Å². The highest BCUT2D eigenvalue weighted by Crippen LogP contribution is 2.26. The normalized spacial score (nSPS) is 13.3. The van der Waals surface area contributed by atoms with E-state index in [9.17, 15) is 13.2 Å². The van der Waals surface area contributed by atoms with E-state index >= 15 is 0 Å². The number of hydrogen-bond acceptors (Lipinski definition) is 4. The van der Waals surface area contributed by atoms with E-state index < -0.39 is 10.0 Å². The van der Waals surface area contributed by atoms with Crippen LogP contribution in [-0.2, 0) is 27.7 Å². The maximum absolute atomic E-state index is 12.0. The van der Waals surface area contributed by atoms with Crippen LogP contribution < -0.4 is 14.8 Å². The molecule has 2 aromatic carbocycles. The van der Waals surface area contributed by atoms with Crippen LogP contribution in [0.1, 0.15) is 17.5 Å². The van der Waals surface area contributed by atoms with Crippen molar-refractivity contribution in [2.75, 3.05) is 19.0 Å². The molecule has 0 heterocycles. The number of aryl methyl sites for hydroxylation is 2. The number of carbonyl (C=O) groups is 1. The summed E-state index contributed by atoms with van der Waals surface area (Å²) in [6, 6.07) is 11.9. The molecule has 0 bridgehead atoms. The van der Waals surface area contributed by atoms with Gasteiger partial charge in [0.25, 0.3) is 5.91 Å². The molecule has 0 saturated heterocycles. The Bertz CT molecular complexity index is 876. The van der Waals surface area contributed by atoms with Gasteiger partial charge >= 0.3 is 0 Å². The highest BCUT2D eigenvalue weighted by molar-refractivity contribution is 7.89. The number of ether oxygens (including phenoxy) is 1. The fraction of sp³-hybridized carbons (Fsp3) is 0.278. The molecule has 0 aromatic heterocycles. The smallest absolute Gasteiger partial charge is 0.262 e. The van der Waals surface area contributed by atoms with Crippen molar-refractivity contribution in [1.82, 2.24) is 4.72 Å². The zero-order valence-electron chi connectivity index (χ0n) is 13.9. The SMILES string of the molecule is CNS(=O)(=O)c1ccc(NC(=O)COc2ccc3c(c2)CCC3)cc1. The first kappa shape index (κ1) is 17.4. The average Bonchev–Trinajstić information content (AvgIpc) is 3.08. The Morgan fingerprint density at radius 3 is 2.52 bits per heavy atom. The molecule has 0 atom stereocenters. The van der Waals surface area contributed by atoms with E-state index in [-0.39, 0.29) is 17.4 Å². The monoisotopic (exact) mass is 360 g/mol. The molecular weight excluding hydrogens is 340 g/mol. The van der Waals surface area contributed by atoms with Crippen molar-refractivity contribution in [3.8, 4) is 5.75 Å². The Morgan fingerprint density at radius 1 is 1.08 bits per heavy atom. The van der Waals surface area contributed by atoms with E-state index in [1.165, 1.54) is 48.9 Å². The quantitative estimate of drug-likeness (QED) is 0.826. The number of anilines is 1. The van der Waals surface area contributed by atoms with Gasteiger partial charge in [-0.1, -0.05) is 6.07 Å². The minimum absolute atomic E-state index is 0.102. The lowest BCUT2D eigenvalue weighted by Crippen LogP contribution is -2.21. The second-order valence-corrected chi connectivity index (χ2v) is 7.74. The van der Waals surface area contributed by atoms with Crippen LogP contribution in [0, 0.1) is 0 Å². The highest BCUT2D eigenvalue weighted by Gasteiger charge is 2.13.